The molecule has 8 nitrogen and oxygen atoms in total. The van der Waals surface area contributed by atoms with Gasteiger partial charge in [0.1, 0.15) is 18.5 Å². The zero-order chi connectivity index (χ0) is 24.8. The van der Waals surface area contributed by atoms with Crippen LogP contribution in [0.3, 0.4) is 0 Å². The average molecular weight is 499 g/mol. The molecule has 1 fully saturated rings. The van der Waals surface area contributed by atoms with E-state index in [1.54, 1.807) is 6.92 Å². The number of carbonyl (C=O) groups is 1. The molecule has 1 aliphatic heterocycles. The van der Waals surface area contributed by atoms with Crippen LogP contribution in [-0.4, -0.2) is 80.7 Å². The summed E-state index contributed by atoms with van der Waals surface area (Å²) in [5.41, 5.74) is 0.315. The molecular weight excluding hydrogens is 468 g/mol. The normalized spacial score (nSPS) is 16.2. The monoisotopic (exact) mass is 498 g/mol. The Morgan fingerprint density at radius 3 is 2.37 bits per heavy atom. The number of aliphatic hydroxyl groups is 1. The lowest BCUT2D eigenvalue weighted by atomic mass is 10.1. The molecule has 4 rings (SSSR count). The molecule has 0 spiro atoms. The molecule has 1 aliphatic rings. The SMILES string of the molecule is CCOC(=O)c1ccc(S(=O)(=O)N2CCN(C[C@H](O)COc3cccc4ccccc34)CC2)cc1. The van der Waals surface area contributed by atoms with Crippen molar-refractivity contribution in [2.45, 2.75) is 17.9 Å². The van der Waals surface area contributed by atoms with Gasteiger partial charge in [0.25, 0.3) is 0 Å². The van der Waals surface area contributed by atoms with Crippen LogP contribution in [0.4, 0.5) is 0 Å². The zero-order valence-corrected chi connectivity index (χ0v) is 20.5. The maximum Gasteiger partial charge on any atom is 0.338 e. The Hall–Kier alpha value is -2.98. The Morgan fingerprint density at radius 1 is 0.971 bits per heavy atom. The number of rotatable bonds is 9. The number of hydrogen-bond donors (Lipinski definition) is 1. The summed E-state index contributed by atoms with van der Waals surface area (Å²) in [7, 11) is -3.67. The molecule has 35 heavy (non-hydrogen) atoms. The summed E-state index contributed by atoms with van der Waals surface area (Å²) in [6.07, 6.45) is -0.701. The van der Waals surface area contributed by atoms with E-state index < -0.39 is 22.1 Å². The second-order valence-corrected chi connectivity index (χ2v) is 10.3. The molecule has 1 atom stereocenters. The van der Waals surface area contributed by atoms with Gasteiger partial charge in [-0.3, -0.25) is 4.90 Å². The van der Waals surface area contributed by atoms with Gasteiger partial charge in [0.15, 0.2) is 0 Å². The van der Waals surface area contributed by atoms with Gasteiger partial charge in [-0.15, -0.1) is 0 Å². The summed E-state index contributed by atoms with van der Waals surface area (Å²) in [6.45, 7) is 4.17. The van der Waals surface area contributed by atoms with E-state index >= 15 is 0 Å². The molecule has 0 aliphatic carbocycles. The predicted octanol–water partition coefficient (Wildman–Crippen LogP) is 2.76. The minimum Gasteiger partial charge on any atom is -0.490 e. The van der Waals surface area contributed by atoms with E-state index in [0.717, 1.165) is 16.5 Å². The van der Waals surface area contributed by atoms with Gasteiger partial charge in [-0.2, -0.15) is 4.31 Å². The third-order valence-corrected chi connectivity index (χ3v) is 7.90. The van der Waals surface area contributed by atoms with Crippen molar-refractivity contribution in [2.24, 2.45) is 0 Å². The van der Waals surface area contributed by atoms with Crippen molar-refractivity contribution >= 4 is 26.8 Å². The first-order valence-electron chi connectivity index (χ1n) is 11.7. The Morgan fingerprint density at radius 2 is 1.66 bits per heavy atom. The third kappa shape index (κ3) is 5.99. The first kappa shape index (κ1) is 25.1. The molecule has 186 valence electrons. The van der Waals surface area contributed by atoms with Crippen LogP contribution in [0.1, 0.15) is 17.3 Å². The van der Waals surface area contributed by atoms with Gasteiger partial charge in [0, 0.05) is 38.1 Å². The molecular formula is C26H30N2O6S. The summed E-state index contributed by atoms with van der Waals surface area (Å²) in [6, 6.07) is 19.5. The van der Waals surface area contributed by atoms with Crippen LogP contribution < -0.4 is 4.74 Å². The van der Waals surface area contributed by atoms with Crippen molar-refractivity contribution < 1.29 is 27.8 Å². The number of piperazine rings is 1. The third-order valence-electron chi connectivity index (χ3n) is 5.98. The van der Waals surface area contributed by atoms with E-state index in [-0.39, 0.29) is 18.1 Å². The fraction of sp³-hybridized carbons (Fsp3) is 0.346. The van der Waals surface area contributed by atoms with Crippen LogP contribution in [0.2, 0.25) is 0 Å². The van der Waals surface area contributed by atoms with Crippen molar-refractivity contribution in [2.75, 3.05) is 45.9 Å². The van der Waals surface area contributed by atoms with Crippen molar-refractivity contribution in [3.63, 3.8) is 0 Å². The van der Waals surface area contributed by atoms with Gasteiger partial charge in [0.2, 0.25) is 10.0 Å². The van der Waals surface area contributed by atoms with Crippen LogP contribution in [-0.2, 0) is 14.8 Å². The molecule has 9 heteroatoms. The van der Waals surface area contributed by atoms with E-state index in [4.69, 9.17) is 9.47 Å². The van der Waals surface area contributed by atoms with Gasteiger partial charge < -0.3 is 14.6 Å². The number of benzene rings is 3. The molecule has 1 N–H and O–H groups in total. The Balaban J connectivity index is 1.28. The summed E-state index contributed by atoms with van der Waals surface area (Å²) < 4.78 is 38.3. The van der Waals surface area contributed by atoms with Gasteiger partial charge in [-0.25, -0.2) is 13.2 Å². The molecule has 0 aromatic heterocycles. The van der Waals surface area contributed by atoms with Crippen molar-refractivity contribution in [1.82, 2.24) is 9.21 Å². The molecule has 0 bridgehead atoms. The smallest absolute Gasteiger partial charge is 0.338 e. The molecule has 0 saturated carbocycles. The highest BCUT2D eigenvalue weighted by Crippen LogP contribution is 2.25. The van der Waals surface area contributed by atoms with Crippen molar-refractivity contribution in [3.05, 3.63) is 72.3 Å². The number of carbonyl (C=O) groups excluding carboxylic acids is 1. The number of nitrogens with zero attached hydrogens (tertiary/aromatic N) is 2. The average Bonchev–Trinajstić information content (AvgIpc) is 2.88. The number of hydrogen-bond acceptors (Lipinski definition) is 7. The number of sulfonamides is 1. The molecule has 3 aromatic carbocycles. The van der Waals surface area contributed by atoms with Crippen molar-refractivity contribution in [1.29, 1.82) is 0 Å². The molecule has 1 heterocycles. The maximum absolute atomic E-state index is 13.0. The van der Waals surface area contributed by atoms with Crippen LogP contribution >= 0.6 is 0 Å². The van der Waals surface area contributed by atoms with Gasteiger partial charge in [0.05, 0.1) is 17.1 Å². The zero-order valence-electron chi connectivity index (χ0n) is 19.7. The minimum atomic E-state index is -3.67. The Bertz CT molecular complexity index is 1250. The highest BCUT2D eigenvalue weighted by Gasteiger charge is 2.29. The fourth-order valence-electron chi connectivity index (χ4n) is 4.14. The molecule has 3 aromatic rings. The summed E-state index contributed by atoms with van der Waals surface area (Å²) in [4.78, 5) is 14.0. The number of aliphatic hydroxyl groups excluding tert-OH is 1. The van der Waals surface area contributed by atoms with E-state index in [1.807, 2.05) is 47.4 Å². The Labute approximate surface area is 205 Å². The number of ether oxygens (including phenoxy) is 2. The lowest BCUT2D eigenvalue weighted by molar-refractivity contribution is 0.0526. The first-order chi connectivity index (χ1) is 16.9. The molecule has 0 amide bonds. The topological polar surface area (TPSA) is 96.4 Å². The largest absolute Gasteiger partial charge is 0.490 e. The van der Waals surface area contributed by atoms with E-state index in [1.165, 1.54) is 28.6 Å². The van der Waals surface area contributed by atoms with Crippen molar-refractivity contribution in [3.8, 4) is 5.75 Å². The van der Waals surface area contributed by atoms with Crippen LogP contribution in [0.25, 0.3) is 10.8 Å². The molecule has 0 unspecified atom stereocenters. The molecule has 0 radical (unpaired) electrons. The summed E-state index contributed by atoms with van der Waals surface area (Å²) >= 11 is 0. The van der Waals surface area contributed by atoms with E-state index in [9.17, 15) is 18.3 Å². The maximum atomic E-state index is 13.0. The second-order valence-electron chi connectivity index (χ2n) is 8.39. The van der Waals surface area contributed by atoms with Crippen LogP contribution in [0, 0.1) is 0 Å². The van der Waals surface area contributed by atoms with Gasteiger partial charge in [-0.1, -0.05) is 36.4 Å². The van der Waals surface area contributed by atoms with Crippen LogP contribution in [0.5, 0.6) is 5.75 Å². The summed E-state index contributed by atoms with van der Waals surface area (Å²) in [5, 5.41) is 12.6. The second kappa shape index (κ2) is 11.2. The lowest BCUT2D eigenvalue weighted by Crippen LogP contribution is -2.50. The fourth-order valence-corrected chi connectivity index (χ4v) is 5.56. The standard InChI is InChI=1S/C26H30N2O6S/c1-2-33-26(30)21-10-12-23(13-11-21)35(31,32)28-16-14-27(15-17-28)18-22(29)19-34-25-9-5-7-20-6-3-4-8-24(20)25/h3-13,22,29H,2,14-19H2,1H3/t22-/m0/s1. The van der Waals surface area contributed by atoms with E-state index in [2.05, 4.69) is 0 Å². The van der Waals surface area contributed by atoms with Crippen LogP contribution in [0.15, 0.2) is 71.6 Å². The minimum absolute atomic E-state index is 0.141. The number of fused-ring (bicyclic) bond motifs is 1. The number of esters is 1. The lowest BCUT2D eigenvalue weighted by Gasteiger charge is -2.34. The quantitative estimate of drug-likeness (QED) is 0.453. The summed E-state index contributed by atoms with van der Waals surface area (Å²) in [5.74, 6) is 0.250. The Kier molecular flexibility index (Phi) is 8.02. The molecule has 1 saturated heterocycles. The van der Waals surface area contributed by atoms with Gasteiger partial charge in [-0.05, 0) is 42.6 Å². The first-order valence-corrected chi connectivity index (χ1v) is 13.1. The van der Waals surface area contributed by atoms with Gasteiger partial charge >= 0.3 is 5.97 Å². The predicted molar refractivity (Wildman–Crippen MR) is 133 cm³/mol. The highest BCUT2D eigenvalue weighted by molar-refractivity contribution is 7.89. The highest BCUT2D eigenvalue weighted by atomic mass is 32.2. The van der Waals surface area contributed by atoms with E-state index in [0.29, 0.717) is 38.3 Å². The number of β-amino-alcohol motifs (C(OH)–C–C–N with tert-alkyl or cyclic N) is 1.